The molecule has 5 nitrogen and oxygen atoms in total. The molecule has 1 amide bonds. The van der Waals surface area contributed by atoms with Crippen molar-refractivity contribution < 1.29 is 4.79 Å². The van der Waals surface area contributed by atoms with Gasteiger partial charge >= 0.3 is 0 Å². The summed E-state index contributed by atoms with van der Waals surface area (Å²) < 4.78 is 1.04. The van der Waals surface area contributed by atoms with Crippen molar-refractivity contribution in [1.82, 2.24) is 14.9 Å². The van der Waals surface area contributed by atoms with Crippen molar-refractivity contribution in [3.63, 3.8) is 0 Å². The van der Waals surface area contributed by atoms with Crippen LogP contribution in [0.5, 0.6) is 0 Å². The van der Waals surface area contributed by atoms with Crippen LogP contribution in [0.3, 0.4) is 0 Å². The largest absolute Gasteiger partial charge is 0.382 e. The molecule has 0 saturated heterocycles. The highest BCUT2D eigenvalue weighted by Gasteiger charge is 2.14. The zero-order valence-corrected chi connectivity index (χ0v) is 12.0. The first-order chi connectivity index (χ1) is 8.56. The molecule has 0 bridgehead atoms. The number of anilines is 1. The van der Waals surface area contributed by atoms with E-state index >= 15 is 0 Å². The van der Waals surface area contributed by atoms with Gasteiger partial charge in [-0.05, 0) is 32.9 Å². The highest BCUT2D eigenvalue weighted by Crippen LogP contribution is 2.21. The highest BCUT2D eigenvalue weighted by molar-refractivity contribution is 9.11. The lowest BCUT2D eigenvalue weighted by Crippen LogP contribution is -2.27. The van der Waals surface area contributed by atoms with Crippen LogP contribution in [-0.2, 0) is 6.54 Å². The van der Waals surface area contributed by atoms with Gasteiger partial charge in [0.05, 0.1) is 16.2 Å². The molecule has 0 unspecified atom stereocenters. The summed E-state index contributed by atoms with van der Waals surface area (Å²) in [5.74, 6) is 0.0460. The Bertz CT molecular complexity index is 572. The number of amides is 1. The Balaban J connectivity index is 2.09. The van der Waals surface area contributed by atoms with Gasteiger partial charge in [-0.3, -0.25) is 9.78 Å². The molecule has 0 spiro atoms. The Labute approximate surface area is 117 Å². The number of carbonyl (C=O) groups excluding carboxylic acids is 1. The van der Waals surface area contributed by atoms with Crippen molar-refractivity contribution in [3.8, 4) is 0 Å². The number of thiophene rings is 1. The average molecular weight is 327 g/mol. The topological polar surface area (TPSA) is 72.1 Å². The summed E-state index contributed by atoms with van der Waals surface area (Å²) in [7, 11) is 1.72. The molecular formula is C11H11BrN4OS. The number of halogens is 1. The quantitative estimate of drug-likeness (QED) is 0.938. The molecule has 2 N–H and O–H groups in total. The molecule has 2 aromatic rings. The van der Waals surface area contributed by atoms with Crippen molar-refractivity contribution in [1.29, 1.82) is 0 Å². The third-order valence-corrected chi connectivity index (χ3v) is 3.81. The summed E-state index contributed by atoms with van der Waals surface area (Å²) in [4.78, 5) is 21.5. The molecule has 0 aliphatic carbocycles. The van der Waals surface area contributed by atoms with Crippen molar-refractivity contribution in [2.45, 2.75) is 6.54 Å². The van der Waals surface area contributed by atoms with Crippen molar-refractivity contribution in [3.05, 3.63) is 38.9 Å². The molecular weight excluding hydrogens is 316 g/mol. The van der Waals surface area contributed by atoms with Gasteiger partial charge in [0.15, 0.2) is 0 Å². The van der Waals surface area contributed by atoms with E-state index in [9.17, 15) is 4.79 Å². The Morgan fingerprint density at radius 3 is 2.94 bits per heavy atom. The van der Waals surface area contributed by atoms with Crippen molar-refractivity contribution in [2.24, 2.45) is 0 Å². The number of nitrogens with two attached hydrogens (primary N) is 1. The lowest BCUT2D eigenvalue weighted by Gasteiger charge is -2.15. The second-order valence-corrected chi connectivity index (χ2v) is 6.04. The van der Waals surface area contributed by atoms with E-state index in [0.717, 1.165) is 9.35 Å². The molecule has 0 aliphatic heterocycles. The minimum atomic E-state index is -0.197. The van der Waals surface area contributed by atoms with E-state index in [0.29, 0.717) is 6.54 Å². The van der Waals surface area contributed by atoms with Crippen LogP contribution in [0.1, 0.15) is 16.1 Å². The van der Waals surface area contributed by atoms with Gasteiger partial charge < -0.3 is 10.6 Å². The SMILES string of the molecule is CN(Cc1csc(Br)c1)C(=O)c1cncc(N)n1. The van der Waals surface area contributed by atoms with E-state index < -0.39 is 0 Å². The molecule has 0 radical (unpaired) electrons. The molecule has 0 atom stereocenters. The Morgan fingerprint density at radius 1 is 1.56 bits per heavy atom. The number of nitrogens with zero attached hydrogens (tertiary/aromatic N) is 3. The maximum absolute atomic E-state index is 12.1. The molecule has 18 heavy (non-hydrogen) atoms. The van der Waals surface area contributed by atoms with Crippen LogP contribution < -0.4 is 5.73 Å². The van der Waals surface area contributed by atoms with Gasteiger partial charge in [0.1, 0.15) is 11.5 Å². The Kier molecular flexibility index (Phi) is 3.93. The van der Waals surface area contributed by atoms with E-state index in [1.54, 1.807) is 23.3 Å². The van der Waals surface area contributed by atoms with Gasteiger partial charge in [0.25, 0.3) is 5.91 Å². The third kappa shape index (κ3) is 3.05. The number of hydrogen-bond acceptors (Lipinski definition) is 5. The fourth-order valence-corrected chi connectivity index (χ4v) is 2.65. The van der Waals surface area contributed by atoms with Gasteiger partial charge in [-0.2, -0.15) is 0 Å². The predicted molar refractivity (Wildman–Crippen MR) is 74.3 cm³/mol. The number of nitrogen functional groups attached to an aromatic ring is 1. The maximum Gasteiger partial charge on any atom is 0.274 e. The second kappa shape index (κ2) is 5.45. The molecule has 2 heterocycles. The Morgan fingerprint density at radius 2 is 2.33 bits per heavy atom. The zero-order valence-electron chi connectivity index (χ0n) is 9.63. The smallest absolute Gasteiger partial charge is 0.274 e. The van der Waals surface area contributed by atoms with Crippen LogP contribution >= 0.6 is 27.3 Å². The summed E-state index contributed by atoms with van der Waals surface area (Å²) in [5, 5.41) is 2.00. The fraction of sp³-hybridized carbons (Fsp3) is 0.182. The number of aromatic nitrogens is 2. The van der Waals surface area contributed by atoms with Crippen LogP contribution in [0.2, 0.25) is 0 Å². The first kappa shape index (κ1) is 13.0. The summed E-state index contributed by atoms with van der Waals surface area (Å²) >= 11 is 4.98. The first-order valence-electron chi connectivity index (χ1n) is 5.12. The minimum absolute atomic E-state index is 0.197. The van der Waals surface area contributed by atoms with Gasteiger partial charge in [-0.15, -0.1) is 11.3 Å². The number of rotatable bonds is 3. The van der Waals surface area contributed by atoms with Crippen LogP contribution in [0, 0.1) is 0 Å². The summed E-state index contributed by atoms with van der Waals surface area (Å²) in [5.41, 5.74) is 6.83. The van der Waals surface area contributed by atoms with Gasteiger partial charge in [-0.25, -0.2) is 4.98 Å². The summed E-state index contributed by atoms with van der Waals surface area (Å²) in [6.07, 6.45) is 2.82. The fourth-order valence-electron chi connectivity index (χ4n) is 1.45. The highest BCUT2D eigenvalue weighted by atomic mass is 79.9. The predicted octanol–water partition coefficient (Wildman–Crippen LogP) is 2.15. The second-order valence-electron chi connectivity index (χ2n) is 3.75. The molecule has 0 fully saturated rings. The van der Waals surface area contributed by atoms with E-state index in [4.69, 9.17) is 5.73 Å². The van der Waals surface area contributed by atoms with E-state index in [2.05, 4.69) is 25.9 Å². The zero-order chi connectivity index (χ0) is 13.1. The number of hydrogen-bond donors (Lipinski definition) is 1. The number of carbonyl (C=O) groups is 1. The van der Waals surface area contributed by atoms with Gasteiger partial charge in [0, 0.05) is 13.6 Å². The molecule has 0 aromatic carbocycles. The minimum Gasteiger partial charge on any atom is -0.382 e. The van der Waals surface area contributed by atoms with Crippen LogP contribution in [0.25, 0.3) is 0 Å². The molecule has 2 aromatic heterocycles. The molecule has 0 saturated carbocycles. The van der Waals surface area contributed by atoms with Gasteiger partial charge in [-0.1, -0.05) is 0 Å². The normalized spacial score (nSPS) is 10.3. The van der Waals surface area contributed by atoms with E-state index in [1.807, 2.05) is 11.4 Å². The monoisotopic (exact) mass is 326 g/mol. The maximum atomic E-state index is 12.1. The lowest BCUT2D eigenvalue weighted by atomic mass is 10.3. The lowest BCUT2D eigenvalue weighted by molar-refractivity contribution is 0.0779. The van der Waals surface area contributed by atoms with Crippen LogP contribution in [0.15, 0.2) is 27.6 Å². The van der Waals surface area contributed by atoms with Gasteiger partial charge in [0.2, 0.25) is 0 Å². The van der Waals surface area contributed by atoms with Crippen molar-refractivity contribution >= 4 is 39.0 Å². The van der Waals surface area contributed by atoms with Crippen molar-refractivity contribution in [2.75, 3.05) is 12.8 Å². The Hall–Kier alpha value is -1.47. The van der Waals surface area contributed by atoms with Crippen LogP contribution in [0.4, 0.5) is 5.82 Å². The molecule has 94 valence electrons. The summed E-state index contributed by atoms with van der Waals surface area (Å²) in [6.45, 7) is 0.525. The molecule has 0 aliphatic rings. The third-order valence-electron chi connectivity index (χ3n) is 2.26. The molecule has 2 rings (SSSR count). The molecule has 7 heteroatoms. The average Bonchev–Trinajstić information content (AvgIpc) is 2.73. The standard InChI is InChI=1S/C11H11BrN4OS/c1-16(5-7-2-9(12)18-6-7)11(17)8-3-14-4-10(13)15-8/h2-4,6H,5H2,1H3,(H2,13,15). The van der Waals surface area contributed by atoms with E-state index in [1.165, 1.54) is 12.4 Å². The van der Waals surface area contributed by atoms with E-state index in [-0.39, 0.29) is 17.4 Å². The summed E-state index contributed by atoms with van der Waals surface area (Å²) in [6, 6.07) is 1.99. The first-order valence-corrected chi connectivity index (χ1v) is 6.79. The van der Waals surface area contributed by atoms with Crippen LogP contribution in [-0.4, -0.2) is 27.8 Å².